The van der Waals surface area contributed by atoms with Crippen molar-refractivity contribution in [2.75, 3.05) is 13.1 Å². The van der Waals surface area contributed by atoms with E-state index < -0.39 is 0 Å². The Bertz CT molecular complexity index is 499. The van der Waals surface area contributed by atoms with Crippen molar-refractivity contribution in [2.24, 2.45) is 5.73 Å². The van der Waals surface area contributed by atoms with E-state index in [2.05, 4.69) is 4.90 Å². The Hall–Kier alpha value is -1.53. The standard InChI is InChI=1S/C14H19N3O2S/c15-14(20)13(16-8-3-1-2-4-9-16)11-6-5-7-12(10-11)17(18)19/h5-7,10,13H,1-4,8-9H2,(H2,15,20). The molecule has 0 aromatic heterocycles. The summed E-state index contributed by atoms with van der Waals surface area (Å²) in [6.45, 7) is 1.87. The number of hydrogen-bond acceptors (Lipinski definition) is 4. The number of likely N-dealkylation sites (tertiary alicyclic amines) is 1. The van der Waals surface area contributed by atoms with Gasteiger partial charge < -0.3 is 5.73 Å². The first-order valence-corrected chi connectivity index (χ1v) is 7.28. The zero-order valence-electron chi connectivity index (χ0n) is 11.3. The number of non-ortho nitro benzene ring substituents is 1. The number of nitrogens with two attached hydrogens (primary N) is 1. The third kappa shape index (κ3) is 3.52. The van der Waals surface area contributed by atoms with Crippen LogP contribution in [0.1, 0.15) is 37.3 Å². The van der Waals surface area contributed by atoms with Gasteiger partial charge in [-0.1, -0.05) is 37.2 Å². The Kier molecular flexibility index (Phi) is 5.03. The summed E-state index contributed by atoms with van der Waals surface area (Å²) in [4.78, 5) is 13.1. The second-order valence-corrected chi connectivity index (χ2v) is 5.58. The number of hydrogen-bond donors (Lipinski definition) is 1. The Morgan fingerprint density at radius 2 is 1.95 bits per heavy atom. The van der Waals surface area contributed by atoms with Crippen LogP contribution in [-0.2, 0) is 0 Å². The fourth-order valence-corrected chi connectivity index (χ4v) is 3.00. The molecule has 1 aliphatic rings. The van der Waals surface area contributed by atoms with Gasteiger partial charge in [-0.15, -0.1) is 0 Å². The minimum Gasteiger partial charge on any atom is -0.392 e. The molecule has 2 N–H and O–H groups in total. The predicted octanol–water partition coefficient (Wildman–Crippen LogP) is 2.80. The lowest BCUT2D eigenvalue weighted by molar-refractivity contribution is -0.384. The molecule has 0 saturated carbocycles. The van der Waals surface area contributed by atoms with E-state index in [1.807, 2.05) is 6.07 Å². The van der Waals surface area contributed by atoms with Crippen LogP contribution in [0, 0.1) is 10.1 Å². The molecule has 5 nitrogen and oxygen atoms in total. The fourth-order valence-electron chi connectivity index (χ4n) is 2.72. The largest absolute Gasteiger partial charge is 0.392 e. The third-order valence-corrected chi connectivity index (χ3v) is 3.90. The number of benzene rings is 1. The Labute approximate surface area is 123 Å². The molecule has 1 heterocycles. The van der Waals surface area contributed by atoms with Crippen LogP contribution in [0.15, 0.2) is 24.3 Å². The van der Waals surface area contributed by atoms with Gasteiger partial charge in [0, 0.05) is 12.1 Å². The van der Waals surface area contributed by atoms with E-state index in [9.17, 15) is 10.1 Å². The number of nitro benzene ring substituents is 1. The van der Waals surface area contributed by atoms with Gasteiger partial charge in [-0.3, -0.25) is 15.0 Å². The minimum absolute atomic E-state index is 0.0820. The van der Waals surface area contributed by atoms with Gasteiger partial charge in [0.25, 0.3) is 5.69 Å². The molecule has 0 amide bonds. The highest BCUT2D eigenvalue weighted by molar-refractivity contribution is 7.80. The second kappa shape index (κ2) is 6.76. The van der Waals surface area contributed by atoms with Gasteiger partial charge in [-0.05, 0) is 31.5 Å². The highest BCUT2D eigenvalue weighted by Gasteiger charge is 2.25. The highest BCUT2D eigenvalue weighted by Crippen LogP contribution is 2.27. The summed E-state index contributed by atoms with van der Waals surface area (Å²) in [5, 5.41) is 10.9. The Morgan fingerprint density at radius 1 is 1.30 bits per heavy atom. The van der Waals surface area contributed by atoms with Gasteiger partial charge in [0.05, 0.1) is 16.0 Å². The van der Waals surface area contributed by atoms with Crippen molar-refractivity contribution in [1.82, 2.24) is 4.90 Å². The van der Waals surface area contributed by atoms with Crippen LogP contribution in [0.25, 0.3) is 0 Å². The lowest BCUT2D eigenvalue weighted by Crippen LogP contribution is -2.37. The van der Waals surface area contributed by atoms with Crippen molar-refractivity contribution >= 4 is 22.9 Å². The van der Waals surface area contributed by atoms with E-state index in [4.69, 9.17) is 18.0 Å². The van der Waals surface area contributed by atoms with E-state index >= 15 is 0 Å². The molecule has 1 unspecified atom stereocenters. The molecule has 20 heavy (non-hydrogen) atoms. The van der Waals surface area contributed by atoms with Crippen molar-refractivity contribution < 1.29 is 4.92 Å². The molecular formula is C14H19N3O2S. The second-order valence-electron chi connectivity index (χ2n) is 5.11. The average molecular weight is 293 g/mol. The molecule has 6 heteroatoms. The molecule has 1 fully saturated rings. The van der Waals surface area contributed by atoms with Gasteiger partial charge in [0.15, 0.2) is 0 Å². The Balaban J connectivity index is 2.30. The first kappa shape index (κ1) is 14.9. The van der Waals surface area contributed by atoms with Crippen molar-refractivity contribution in [1.29, 1.82) is 0 Å². The molecule has 1 atom stereocenters. The number of nitrogens with zero attached hydrogens (tertiary/aromatic N) is 2. The van der Waals surface area contributed by atoms with Crippen LogP contribution in [-0.4, -0.2) is 27.9 Å². The van der Waals surface area contributed by atoms with Crippen LogP contribution in [0.5, 0.6) is 0 Å². The van der Waals surface area contributed by atoms with Crippen molar-refractivity contribution in [2.45, 2.75) is 31.7 Å². The minimum atomic E-state index is -0.386. The summed E-state index contributed by atoms with van der Waals surface area (Å²) >= 11 is 5.20. The molecule has 1 aromatic rings. The predicted molar refractivity (Wildman–Crippen MR) is 82.7 cm³/mol. The van der Waals surface area contributed by atoms with Gasteiger partial charge in [0.2, 0.25) is 0 Å². The molecule has 1 saturated heterocycles. The summed E-state index contributed by atoms with van der Waals surface area (Å²) in [6.07, 6.45) is 4.67. The monoisotopic (exact) mass is 293 g/mol. The van der Waals surface area contributed by atoms with Crippen molar-refractivity contribution in [3.63, 3.8) is 0 Å². The first-order chi connectivity index (χ1) is 9.59. The molecular weight excluding hydrogens is 274 g/mol. The van der Waals surface area contributed by atoms with Crippen molar-refractivity contribution in [3.8, 4) is 0 Å². The zero-order chi connectivity index (χ0) is 14.5. The highest BCUT2D eigenvalue weighted by atomic mass is 32.1. The molecule has 1 aromatic carbocycles. The molecule has 108 valence electrons. The quantitative estimate of drug-likeness (QED) is 0.525. The maximum Gasteiger partial charge on any atom is 0.269 e. The van der Waals surface area contributed by atoms with Crippen LogP contribution >= 0.6 is 12.2 Å². The van der Waals surface area contributed by atoms with Crippen LogP contribution in [0.4, 0.5) is 5.69 Å². The molecule has 1 aliphatic heterocycles. The molecule has 0 radical (unpaired) electrons. The fraction of sp³-hybridized carbons (Fsp3) is 0.500. The van der Waals surface area contributed by atoms with E-state index in [-0.39, 0.29) is 16.7 Å². The van der Waals surface area contributed by atoms with E-state index in [1.165, 1.54) is 18.9 Å². The van der Waals surface area contributed by atoms with Gasteiger partial charge in [-0.2, -0.15) is 0 Å². The van der Waals surface area contributed by atoms with Crippen molar-refractivity contribution in [3.05, 3.63) is 39.9 Å². The number of thiocarbonyl (C=S) groups is 1. The average Bonchev–Trinajstić information content (AvgIpc) is 2.68. The van der Waals surface area contributed by atoms with Gasteiger partial charge >= 0.3 is 0 Å². The maximum atomic E-state index is 10.9. The molecule has 0 spiro atoms. The summed E-state index contributed by atoms with van der Waals surface area (Å²) in [5.74, 6) is 0. The summed E-state index contributed by atoms with van der Waals surface area (Å²) in [6, 6.07) is 6.42. The number of nitro groups is 1. The Morgan fingerprint density at radius 3 is 2.50 bits per heavy atom. The van der Waals surface area contributed by atoms with Crippen LogP contribution < -0.4 is 5.73 Å². The molecule has 2 rings (SSSR count). The van der Waals surface area contributed by atoms with Gasteiger partial charge in [0.1, 0.15) is 0 Å². The summed E-state index contributed by atoms with van der Waals surface area (Å²) in [7, 11) is 0. The zero-order valence-corrected chi connectivity index (χ0v) is 12.1. The van der Waals surface area contributed by atoms with Gasteiger partial charge in [-0.25, -0.2) is 0 Å². The lowest BCUT2D eigenvalue weighted by atomic mass is 10.0. The van der Waals surface area contributed by atoms with Crippen LogP contribution in [0.2, 0.25) is 0 Å². The van der Waals surface area contributed by atoms with E-state index in [1.54, 1.807) is 12.1 Å². The third-order valence-electron chi connectivity index (χ3n) is 3.67. The summed E-state index contributed by atoms with van der Waals surface area (Å²) in [5.41, 5.74) is 6.79. The normalized spacial score (nSPS) is 18.2. The summed E-state index contributed by atoms with van der Waals surface area (Å²) < 4.78 is 0. The van der Waals surface area contributed by atoms with E-state index in [0.29, 0.717) is 4.99 Å². The molecule has 0 bridgehead atoms. The first-order valence-electron chi connectivity index (χ1n) is 6.87. The molecule has 0 aliphatic carbocycles. The smallest absolute Gasteiger partial charge is 0.269 e. The SMILES string of the molecule is NC(=S)C(c1cccc([N+](=O)[O-])c1)N1CCCCCC1. The lowest BCUT2D eigenvalue weighted by Gasteiger charge is -2.30. The number of rotatable bonds is 4. The van der Waals surface area contributed by atoms with Crippen LogP contribution in [0.3, 0.4) is 0 Å². The topological polar surface area (TPSA) is 72.4 Å². The van der Waals surface area contributed by atoms with E-state index in [0.717, 1.165) is 31.5 Å². The maximum absolute atomic E-state index is 10.9.